The van der Waals surface area contributed by atoms with Crippen molar-refractivity contribution < 1.29 is 22.7 Å². The first-order valence-corrected chi connectivity index (χ1v) is 8.92. The van der Waals surface area contributed by atoms with Gasteiger partial charge in [-0.2, -0.15) is 4.31 Å². The van der Waals surface area contributed by atoms with Gasteiger partial charge in [0.05, 0.1) is 31.8 Å². The lowest BCUT2D eigenvalue weighted by molar-refractivity contribution is -0.135. The Bertz CT molecular complexity index is 624. The Kier molecular flexibility index (Phi) is 5.97. The van der Waals surface area contributed by atoms with Crippen molar-refractivity contribution >= 4 is 15.9 Å². The summed E-state index contributed by atoms with van der Waals surface area (Å²) in [7, 11) is -2.19. The van der Waals surface area contributed by atoms with E-state index in [1.54, 1.807) is 24.0 Å². The lowest BCUT2D eigenvalue weighted by Gasteiger charge is -2.29. The summed E-state index contributed by atoms with van der Waals surface area (Å²) in [6.07, 6.45) is 0. The molecule has 0 aliphatic carbocycles. The average molecular weight is 342 g/mol. The number of carbonyl (C=O) groups excluding carboxylic acids is 1. The lowest BCUT2D eigenvalue weighted by Crippen LogP contribution is -2.47. The van der Waals surface area contributed by atoms with Gasteiger partial charge in [-0.25, -0.2) is 8.42 Å². The standard InChI is InChI=1S/C15H22N2O5S/c1-3-17(12-15(18)16-8-10-22-11-9-16)23(19,20)14-6-4-13(21-2)5-7-14/h4-7H,3,8-12H2,1-2H3. The molecule has 0 spiro atoms. The van der Waals surface area contributed by atoms with Crippen LogP contribution in [0.2, 0.25) is 0 Å². The van der Waals surface area contributed by atoms with Crippen molar-refractivity contribution in [2.24, 2.45) is 0 Å². The molecule has 1 fully saturated rings. The lowest BCUT2D eigenvalue weighted by atomic mass is 10.3. The first-order valence-electron chi connectivity index (χ1n) is 7.48. The monoisotopic (exact) mass is 342 g/mol. The Morgan fingerprint density at radius 2 is 1.87 bits per heavy atom. The number of likely N-dealkylation sites (N-methyl/N-ethyl adjacent to an activating group) is 1. The maximum Gasteiger partial charge on any atom is 0.243 e. The van der Waals surface area contributed by atoms with Crippen LogP contribution in [0.15, 0.2) is 29.2 Å². The van der Waals surface area contributed by atoms with Gasteiger partial charge >= 0.3 is 0 Å². The zero-order valence-electron chi connectivity index (χ0n) is 13.4. The third-order valence-electron chi connectivity index (χ3n) is 3.73. The summed E-state index contributed by atoms with van der Waals surface area (Å²) in [5.41, 5.74) is 0. The van der Waals surface area contributed by atoms with Crippen molar-refractivity contribution in [2.75, 3.05) is 46.5 Å². The zero-order chi connectivity index (χ0) is 16.9. The van der Waals surface area contributed by atoms with Gasteiger partial charge in [-0.1, -0.05) is 6.92 Å². The van der Waals surface area contributed by atoms with Crippen LogP contribution < -0.4 is 4.74 Å². The Balaban J connectivity index is 2.12. The van der Waals surface area contributed by atoms with Gasteiger partial charge in [-0.05, 0) is 24.3 Å². The Morgan fingerprint density at radius 1 is 1.26 bits per heavy atom. The SMILES string of the molecule is CCN(CC(=O)N1CCOCC1)S(=O)(=O)c1ccc(OC)cc1. The molecule has 0 aromatic heterocycles. The molecule has 0 saturated carbocycles. The third kappa shape index (κ3) is 4.21. The van der Waals surface area contributed by atoms with E-state index in [-0.39, 0.29) is 23.9 Å². The van der Waals surface area contributed by atoms with Gasteiger partial charge in [0.15, 0.2) is 0 Å². The third-order valence-corrected chi connectivity index (χ3v) is 5.66. The molecule has 1 aliphatic heterocycles. The summed E-state index contributed by atoms with van der Waals surface area (Å²) in [5.74, 6) is 0.378. The van der Waals surface area contributed by atoms with Gasteiger partial charge in [0.2, 0.25) is 15.9 Å². The van der Waals surface area contributed by atoms with E-state index in [0.29, 0.717) is 32.1 Å². The second-order valence-electron chi connectivity index (χ2n) is 5.10. The van der Waals surface area contributed by atoms with Crippen LogP contribution in [0.4, 0.5) is 0 Å². The predicted octanol–water partition coefficient (Wildman–Crippen LogP) is 0.565. The Morgan fingerprint density at radius 3 is 2.39 bits per heavy atom. The highest BCUT2D eigenvalue weighted by molar-refractivity contribution is 7.89. The highest BCUT2D eigenvalue weighted by Crippen LogP contribution is 2.19. The molecule has 0 atom stereocenters. The minimum atomic E-state index is -3.71. The molecule has 0 unspecified atom stereocenters. The van der Waals surface area contributed by atoms with E-state index >= 15 is 0 Å². The molecule has 0 radical (unpaired) electrons. The number of methoxy groups -OCH3 is 1. The fourth-order valence-electron chi connectivity index (χ4n) is 2.33. The van der Waals surface area contributed by atoms with Gasteiger partial charge in [-0.3, -0.25) is 4.79 Å². The van der Waals surface area contributed by atoms with Gasteiger partial charge in [0.25, 0.3) is 0 Å². The van der Waals surface area contributed by atoms with Crippen LogP contribution in [0.25, 0.3) is 0 Å². The average Bonchev–Trinajstić information content (AvgIpc) is 2.60. The molecular weight excluding hydrogens is 320 g/mol. The van der Waals surface area contributed by atoms with E-state index < -0.39 is 10.0 Å². The van der Waals surface area contributed by atoms with Crippen LogP contribution >= 0.6 is 0 Å². The number of amides is 1. The number of morpholine rings is 1. The molecule has 1 heterocycles. The van der Waals surface area contributed by atoms with Crippen molar-refractivity contribution in [2.45, 2.75) is 11.8 Å². The van der Waals surface area contributed by atoms with Gasteiger partial charge < -0.3 is 14.4 Å². The molecule has 0 bridgehead atoms. The van der Waals surface area contributed by atoms with Crippen LogP contribution in [0, 0.1) is 0 Å². The van der Waals surface area contributed by atoms with E-state index in [1.165, 1.54) is 23.5 Å². The first kappa shape index (κ1) is 17.7. The molecule has 1 amide bonds. The minimum Gasteiger partial charge on any atom is -0.497 e. The molecular formula is C15H22N2O5S. The van der Waals surface area contributed by atoms with Crippen LogP contribution in [0.5, 0.6) is 5.75 Å². The van der Waals surface area contributed by atoms with Crippen LogP contribution in [0.3, 0.4) is 0 Å². The van der Waals surface area contributed by atoms with Crippen molar-refractivity contribution in [3.05, 3.63) is 24.3 Å². The maximum absolute atomic E-state index is 12.7. The summed E-state index contributed by atoms with van der Waals surface area (Å²) in [6, 6.07) is 6.14. The van der Waals surface area contributed by atoms with Crippen molar-refractivity contribution in [1.82, 2.24) is 9.21 Å². The zero-order valence-corrected chi connectivity index (χ0v) is 14.2. The summed E-state index contributed by atoms with van der Waals surface area (Å²) in [4.78, 5) is 14.1. The number of hydrogen-bond donors (Lipinski definition) is 0. The van der Waals surface area contributed by atoms with Gasteiger partial charge in [0, 0.05) is 19.6 Å². The van der Waals surface area contributed by atoms with Crippen molar-refractivity contribution in [3.63, 3.8) is 0 Å². The van der Waals surface area contributed by atoms with Gasteiger partial charge in [0.1, 0.15) is 5.75 Å². The minimum absolute atomic E-state index is 0.148. The number of sulfonamides is 1. The fraction of sp³-hybridized carbons (Fsp3) is 0.533. The largest absolute Gasteiger partial charge is 0.497 e. The summed E-state index contributed by atoms with van der Waals surface area (Å²) < 4.78 is 36.8. The van der Waals surface area contributed by atoms with E-state index in [2.05, 4.69) is 0 Å². The summed E-state index contributed by atoms with van der Waals surface area (Å²) in [6.45, 7) is 3.76. The number of hydrogen-bond acceptors (Lipinski definition) is 5. The molecule has 128 valence electrons. The number of ether oxygens (including phenoxy) is 2. The molecule has 2 rings (SSSR count). The van der Waals surface area contributed by atoms with Crippen LogP contribution in [-0.2, 0) is 19.6 Å². The number of nitrogens with zero attached hydrogens (tertiary/aromatic N) is 2. The molecule has 0 N–H and O–H groups in total. The molecule has 1 aromatic rings. The molecule has 8 heteroatoms. The molecule has 1 aromatic carbocycles. The van der Waals surface area contributed by atoms with E-state index in [9.17, 15) is 13.2 Å². The Labute approximate surface area is 136 Å². The Hall–Kier alpha value is -1.64. The number of benzene rings is 1. The summed E-state index contributed by atoms with van der Waals surface area (Å²) >= 11 is 0. The van der Waals surface area contributed by atoms with Crippen LogP contribution in [-0.4, -0.2) is 70.0 Å². The van der Waals surface area contributed by atoms with Crippen molar-refractivity contribution in [1.29, 1.82) is 0 Å². The molecule has 1 aliphatic rings. The predicted molar refractivity (Wildman–Crippen MR) is 84.8 cm³/mol. The maximum atomic E-state index is 12.7. The molecule has 23 heavy (non-hydrogen) atoms. The topological polar surface area (TPSA) is 76.2 Å². The van der Waals surface area contributed by atoms with Crippen LogP contribution in [0.1, 0.15) is 6.92 Å². The smallest absolute Gasteiger partial charge is 0.243 e. The molecule has 7 nitrogen and oxygen atoms in total. The normalized spacial score (nSPS) is 15.7. The summed E-state index contributed by atoms with van der Waals surface area (Å²) in [5, 5.41) is 0. The van der Waals surface area contributed by atoms with Gasteiger partial charge in [-0.15, -0.1) is 0 Å². The highest BCUT2D eigenvalue weighted by atomic mass is 32.2. The quantitative estimate of drug-likeness (QED) is 0.755. The highest BCUT2D eigenvalue weighted by Gasteiger charge is 2.27. The number of carbonyl (C=O) groups is 1. The second-order valence-corrected chi connectivity index (χ2v) is 7.04. The molecule has 1 saturated heterocycles. The first-order chi connectivity index (χ1) is 11.0. The van der Waals surface area contributed by atoms with Crippen molar-refractivity contribution in [3.8, 4) is 5.75 Å². The van der Waals surface area contributed by atoms with E-state index in [4.69, 9.17) is 9.47 Å². The second kappa shape index (κ2) is 7.76. The number of rotatable bonds is 6. The van der Waals surface area contributed by atoms with E-state index in [1.807, 2.05) is 0 Å². The van der Waals surface area contributed by atoms with E-state index in [0.717, 1.165) is 0 Å². The fourth-order valence-corrected chi connectivity index (χ4v) is 3.73.